The minimum absolute atomic E-state index is 0.294. The third-order valence-electron chi connectivity index (χ3n) is 3.24. The lowest BCUT2D eigenvalue weighted by atomic mass is 9.87. The summed E-state index contributed by atoms with van der Waals surface area (Å²) in [6, 6.07) is 2.07. The first-order valence-corrected chi connectivity index (χ1v) is 6.97. The quantitative estimate of drug-likeness (QED) is 0.773. The van der Waals surface area contributed by atoms with Crippen molar-refractivity contribution in [2.24, 2.45) is 5.92 Å². The van der Waals surface area contributed by atoms with Gasteiger partial charge in [0.1, 0.15) is 11.0 Å². The summed E-state index contributed by atoms with van der Waals surface area (Å²) in [4.78, 5) is 4.18. The summed E-state index contributed by atoms with van der Waals surface area (Å²) in [5.41, 5.74) is 0. The van der Waals surface area contributed by atoms with Crippen molar-refractivity contribution in [2.75, 3.05) is 5.32 Å². The molecule has 1 aromatic rings. The maximum atomic E-state index is 6.08. The average molecular weight is 294 g/mol. The molecule has 2 rings (SSSR count). The second kappa shape index (κ2) is 5.64. The molecule has 0 amide bonds. The monoisotopic (exact) mass is 292 g/mol. The molecule has 1 fully saturated rings. The molecule has 0 unspecified atom stereocenters. The Kier molecular flexibility index (Phi) is 4.40. The van der Waals surface area contributed by atoms with Crippen LogP contribution in [0.2, 0.25) is 15.2 Å². The molecule has 1 heterocycles. The zero-order valence-corrected chi connectivity index (χ0v) is 11.9. The second-order valence-electron chi connectivity index (χ2n) is 4.69. The van der Waals surface area contributed by atoms with Crippen molar-refractivity contribution < 1.29 is 0 Å². The predicted octanol–water partition coefficient (Wildman–Crippen LogP) is 5.03. The molecule has 0 aliphatic heterocycles. The van der Waals surface area contributed by atoms with E-state index in [9.17, 15) is 0 Å². The first kappa shape index (κ1) is 13.3. The number of hydrogen-bond donors (Lipinski definition) is 1. The van der Waals surface area contributed by atoms with Crippen LogP contribution in [0.1, 0.15) is 32.6 Å². The second-order valence-corrected chi connectivity index (χ2v) is 5.86. The van der Waals surface area contributed by atoms with Crippen LogP contribution >= 0.6 is 34.8 Å². The van der Waals surface area contributed by atoms with E-state index in [1.165, 1.54) is 12.8 Å². The predicted molar refractivity (Wildman–Crippen MR) is 74.3 cm³/mol. The summed E-state index contributed by atoms with van der Waals surface area (Å²) in [5, 5.41) is 4.56. The molecule has 1 aliphatic carbocycles. The Labute approximate surface area is 117 Å². The fourth-order valence-corrected chi connectivity index (χ4v) is 2.70. The molecule has 0 saturated heterocycles. The van der Waals surface area contributed by atoms with Crippen molar-refractivity contribution in [1.82, 2.24) is 4.98 Å². The van der Waals surface area contributed by atoms with Gasteiger partial charge < -0.3 is 5.32 Å². The summed E-state index contributed by atoms with van der Waals surface area (Å²) >= 11 is 17.8. The fraction of sp³-hybridized carbons (Fsp3) is 0.583. The number of nitrogens with zero attached hydrogens (tertiary/aromatic N) is 1. The van der Waals surface area contributed by atoms with E-state index < -0.39 is 0 Å². The normalized spacial score (nSPS) is 24.7. The highest BCUT2D eigenvalue weighted by molar-refractivity contribution is 6.42. The van der Waals surface area contributed by atoms with Gasteiger partial charge in [0.15, 0.2) is 0 Å². The highest BCUT2D eigenvalue weighted by atomic mass is 35.5. The zero-order chi connectivity index (χ0) is 12.4. The molecular weight excluding hydrogens is 279 g/mol. The lowest BCUT2D eigenvalue weighted by Gasteiger charge is -2.27. The van der Waals surface area contributed by atoms with Crippen molar-refractivity contribution >= 4 is 40.6 Å². The molecule has 0 bridgehead atoms. The van der Waals surface area contributed by atoms with Crippen molar-refractivity contribution in [3.8, 4) is 0 Å². The number of pyridine rings is 1. The first-order chi connectivity index (χ1) is 8.06. The van der Waals surface area contributed by atoms with Gasteiger partial charge in [-0.1, -0.05) is 41.7 Å². The molecule has 0 aromatic carbocycles. The van der Waals surface area contributed by atoms with Gasteiger partial charge in [-0.15, -0.1) is 0 Å². The van der Waals surface area contributed by atoms with Gasteiger partial charge in [0.2, 0.25) is 0 Å². The van der Waals surface area contributed by atoms with Crippen LogP contribution in [-0.2, 0) is 0 Å². The molecule has 17 heavy (non-hydrogen) atoms. The van der Waals surface area contributed by atoms with Crippen LogP contribution in [0.5, 0.6) is 0 Å². The lowest BCUT2D eigenvalue weighted by Crippen LogP contribution is -2.25. The van der Waals surface area contributed by atoms with E-state index in [4.69, 9.17) is 34.8 Å². The highest BCUT2D eigenvalue weighted by Crippen LogP contribution is 2.31. The van der Waals surface area contributed by atoms with Gasteiger partial charge in [-0.25, -0.2) is 4.98 Å². The summed E-state index contributed by atoms with van der Waals surface area (Å²) in [7, 11) is 0. The minimum atomic E-state index is 0.294. The van der Waals surface area contributed by atoms with Crippen LogP contribution in [0, 0.1) is 5.92 Å². The van der Waals surface area contributed by atoms with E-state index in [0.29, 0.717) is 27.1 Å². The van der Waals surface area contributed by atoms with E-state index in [0.717, 1.165) is 18.8 Å². The Morgan fingerprint density at radius 2 is 1.76 bits per heavy atom. The first-order valence-electron chi connectivity index (χ1n) is 5.84. The Bertz CT molecular complexity index is 401. The van der Waals surface area contributed by atoms with Crippen LogP contribution in [0.3, 0.4) is 0 Å². The summed E-state index contributed by atoms with van der Waals surface area (Å²) < 4.78 is 0. The van der Waals surface area contributed by atoms with E-state index in [1.807, 2.05) is 0 Å². The van der Waals surface area contributed by atoms with Gasteiger partial charge in [0.25, 0.3) is 0 Å². The Morgan fingerprint density at radius 3 is 2.41 bits per heavy atom. The van der Waals surface area contributed by atoms with E-state index in [-0.39, 0.29) is 0 Å². The Balaban J connectivity index is 2.06. The summed E-state index contributed by atoms with van der Waals surface area (Å²) in [5.74, 6) is 1.46. The topological polar surface area (TPSA) is 24.9 Å². The number of nitrogens with one attached hydrogen (secondary N) is 1. The van der Waals surface area contributed by atoms with Crippen LogP contribution in [0.25, 0.3) is 0 Å². The van der Waals surface area contributed by atoms with Gasteiger partial charge in [-0.05, 0) is 37.7 Å². The van der Waals surface area contributed by atoms with Crippen LogP contribution < -0.4 is 5.32 Å². The standard InChI is InChI=1S/C12H15Cl3N2/c1-7-2-4-8(5-3-7)16-12-10(14)6-9(13)11(15)17-12/h6-8H,2-5H2,1H3,(H,16,17). The maximum absolute atomic E-state index is 6.08. The van der Waals surface area contributed by atoms with E-state index >= 15 is 0 Å². The Morgan fingerprint density at radius 1 is 1.12 bits per heavy atom. The molecule has 94 valence electrons. The number of halogens is 3. The number of hydrogen-bond acceptors (Lipinski definition) is 2. The van der Waals surface area contributed by atoms with E-state index in [2.05, 4.69) is 17.2 Å². The third-order valence-corrected chi connectivity index (χ3v) is 4.20. The Hall–Kier alpha value is -0.180. The van der Waals surface area contributed by atoms with Crippen molar-refractivity contribution in [2.45, 2.75) is 38.6 Å². The molecule has 0 radical (unpaired) electrons. The van der Waals surface area contributed by atoms with Crippen LogP contribution in [0.4, 0.5) is 5.82 Å². The SMILES string of the molecule is CC1CCC(Nc2nc(Cl)c(Cl)cc2Cl)CC1. The zero-order valence-electron chi connectivity index (χ0n) is 9.64. The summed E-state index contributed by atoms with van der Waals surface area (Å²) in [6.45, 7) is 2.29. The van der Waals surface area contributed by atoms with Gasteiger partial charge in [-0.2, -0.15) is 0 Å². The minimum Gasteiger partial charge on any atom is -0.366 e. The lowest BCUT2D eigenvalue weighted by molar-refractivity contribution is 0.361. The van der Waals surface area contributed by atoms with Gasteiger partial charge in [-0.3, -0.25) is 0 Å². The van der Waals surface area contributed by atoms with Gasteiger partial charge >= 0.3 is 0 Å². The fourth-order valence-electron chi connectivity index (χ4n) is 2.14. The highest BCUT2D eigenvalue weighted by Gasteiger charge is 2.19. The maximum Gasteiger partial charge on any atom is 0.150 e. The largest absolute Gasteiger partial charge is 0.366 e. The van der Waals surface area contributed by atoms with Gasteiger partial charge in [0, 0.05) is 6.04 Å². The molecule has 0 spiro atoms. The number of rotatable bonds is 2. The van der Waals surface area contributed by atoms with Crippen molar-refractivity contribution in [3.05, 3.63) is 21.3 Å². The molecule has 1 saturated carbocycles. The summed E-state index contributed by atoms with van der Waals surface area (Å²) in [6.07, 6.45) is 4.80. The van der Waals surface area contributed by atoms with Crippen LogP contribution in [-0.4, -0.2) is 11.0 Å². The molecule has 1 aromatic heterocycles. The van der Waals surface area contributed by atoms with E-state index in [1.54, 1.807) is 6.07 Å². The smallest absolute Gasteiger partial charge is 0.150 e. The molecule has 5 heteroatoms. The molecule has 1 N–H and O–H groups in total. The number of aromatic nitrogens is 1. The molecule has 1 aliphatic rings. The molecular formula is C12H15Cl3N2. The number of anilines is 1. The van der Waals surface area contributed by atoms with Crippen molar-refractivity contribution in [1.29, 1.82) is 0 Å². The van der Waals surface area contributed by atoms with Gasteiger partial charge in [0.05, 0.1) is 10.0 Å². The molecule has 0 atom stereocenters. The molecule has 2 nitrogen and oxygen atoms in total. The van der Waals surface area contributed by atoms with Crippen LogP contribution in [0.15, 0.2) is 6.07 Å². The van der Waals surface area contributed by atoms with Crippen molar-refractivity contribution in [3.63, 3.8) is 0 Å². The average Bonchev–Trinajstić information content (AvgIpc) is 2.29. The third kappa shape index (κ3) is 3.40.